The van der Waals surface area contributed by atoms with Gasteiger partial charge in [-0.1, -0.05) is 46.4 Å². The lowest BCUT2D eigenvalue weighted by molar-refractivity contribution is 0.0698. The van der Waals surface area contributed by atoms with E-state index in [4.69, 9.17) is 51.1 Å². The first kappa shape index (κ1) is 22.5. The quantitative estimate of drug-likeness (QED) is 0.625. The van der Waals surface area contributed by atoms with Gasteiger partial charge in [0.25, 0.3) is 5.91 Å². The van der Waals surface area contributed by atoms with Crippen molar-refractivity contribution in [2.75, 3.05) is 33.3 Å². The minimum absolute atomic E-state index is 0.0554. The van der Waals surface area contributed by atoms with Crippen molar-refractivity contribution >= 4 is 62.3 Å². The number of carbonyl (C=O) groups excluding carboxylic acids is 1. The van der Waals surface area contributed by atoms with E-state index in [9.17, 15) is 13.2 Å². The first-order valence-corrected chi connectivity index (χ1v) is 11.4. The Hall–Kier alpha value is -1.22. The first-order valence-electron chi connectivity index (χ1n) is 8.42. The van der Waals surface area contributed by atoms with Gasteiger partial charge in [-0.25, -0.2) is 8.42 Å². The fourth-order valence-electron chi connectivity index (χ4n) is 3.01. The summed E-state index contributed by atoms with van der Waals surface area (Å²) >= 11 is 24.2. The largest absolute Gasteiger partial charge is 0.494 e. The molecule has 1 aliphatic heterocycles. The molecule has 0 aromatic heterocycles. The summed E-state index contributed by atoms with van der Waals surface area (Å²) in [7, 11) is -2.40. The Bertz CT molecular complexity index is 1030. The summed E-state index contributed by atoms with van der Waals surface area (Å²) in [6, 6.07) is 7.23. The van der Waals surface area contributed by atoms with Crippen molar-refractivity contribution in [2.45, 2.75) is 4.90 Å². The molecule has 0 N–H and O–H groups in total. The molecule has 1 amide bonds. The smallest absolute Gasteiger partial charge is 0.254 e. The number of hydrogen-bond acceptors (Lipinski definition) is 4. The Morgan fingerprint density at radius 3 is 2.07 bits per heavy atom. The first-order chi connectivity index (χ1) is 13.6. The highest BCUT2D eigenvalue weighted by atomic mass is 35.5. The number of piperazine rings is 1. The minimum atomic E-state index is -3.83. The van der Waals surface area contributed by atoms with Gasteiger partial charge in [-0.05, 0) is 30.3 Å². The van der Waals surface area contributed by atoms with Crippen LogP contribution in [-0.4, -0.2) is 56.8 Å². The maximum atomic E-state index is 12.9. The summed E-state index contributed by atoms with van der Waals surface area (Å²) in [6.45, 7) is 0.651. The third kappa shape index (κ3) is 4.60. The van der Waals surface area contributed by atoms with E-state index < -0.39 is 10.0 Å². The van der Waals surface area contributed by atoms with Crippen molar-refractivity contribution in [1.82, 2.24) is 9.21 Å². The summed E-state index contributed by atoms with van der Waals surface area (Å²) in [5.74, 6) is -0.00603. The van der Waals surface area contributed by atoms with Gasteiger partial charge in [0, 0.05) is 36.8 Å². The minimum Gasteiger partial charge on any atom is -0.494 e. The van der Waals surface area contributed by atoms with E-state index in [0.29, 0.717) is 11.3 Å². The van der Waals surface area contributed by atoms with Gasteiger partial charge in [0.2, 0.25) is 10.0 Å². The Morgan fingerprint density at radius 1 is 0.931 bits per heavy atom. The lowest BCUT2D eigenvalue weighted by atomic mass is 10.1. The van der Waals surface area contributed by atoms with Gasteiger partial charge in [-0.15, -0.1) is 0 Å². The van der Waals surface area contributed by atoms with Crippen molar-refractivity contribution in [1.29, 1.82) is 0 Å². The molecule has 29 heavy (non-hydrogen) atoms. The van der Waals surface area contributed by atoms with E-state index in [1.165, 1.54) is 41.7 Å². The predicted molar refractivity (Wildman–Crippen MR) is 114 cm³/mol. The van der Waals surface area contributed by atoms with E-state index in [2.05, 4.69) is 0 Å². The lowest BCUT2D eigenvalue weighted by Gasteiger charge is -2.34. The van der Waals surface area contributed by atoms with Crippen LogP contribution in [0.3, 0.4) is 0 Å². The topological polar surface area (TPSA) is 66.9 Å². The average molecular weight is 498 g/mol. The molecule has 1 saturated heterocycles. The molecule has 1 fully saturated rings. The molecule has 0 radical (unpaired) electrons. The van der Waals surface area contributed by atoms with Crippen molar-refractivity contribution in [3.8, 4) is 5.75 Å². The molecule has 3 rings (SSSR count). The van der Waals surface area contributed by atoms with Crippen LogP contribution in [0, 0.1) is 0 Å². The van der Waals surface area contributed by atoms with Gasteiger partial charge in [0.15, 0.2) is 5.75 Å². The molecule has 0 spiro atoms. The number of carbonyl (C=O) groups is 1. The van der Waals surface area contributed by atoms with Crippen LogP contribution >= 0.6 is 46.4 Å². The maximum absolute atomic E-state index is 12.9. The number of methoxy groups -OCH3 is 1. The number of amides is 1. The summed E-state index contributed by atoms with van der Waals surface area (Å²) in [6.07, 6.45) is 0. The summed E-state index contributed by atoms with van der Waals surface area (Å²) < 4.78 is 32.2. The third-order valence-electron chi connectivity index (χ3n) is 4.49. The van der Waals surface area contributed by atoms with Crippen LogP contribution in [0.1, 0.15) is 10.4 Å². The summed E-state index contributed by atoms with van der Waals surface area (Å²) in [5, 5.41) is 0.811. The van der Waals surface area contributed by atoms with Gasteiger partial charge in [0.05, 0.1) is 22.2 Å². The second kappa shape index (κ2) is 8.88. The standard InChI is InChI=1S/C18H16Cl4N2O4S/c1-28-17-14(21)8-11(9-15(17)22)18(25)23-4-6-24(7-5-23)29(26,27)16-10-12(19)2-3-13(16)20/h2-3,8-10H,4-7H2,1H3. The zero-order valence-electron chi connectivity index (χ0n) is 15.2. The molecule has 2 aromatic rings. The van der Waals surface area contributed by atoms with Crippen LogP contribution in [0.5, 0.6) is 5.75 Å². The van der Waals surface area contributed by atoms with Crippen LogP contribution in [0.25, 0.3) is 0 Å². The second-order valence-electron chi connectivity index (χ2n) is 6.24. The number of halogens is 4. The third-order valence-corrected chi connectivity index (χ3v) is 7.66. The molecule has 11 heteroatoms. The van der Waals surface area contributed by atoms with Gasteiger partial charge in [0.1, 0.15) is 4.90 Å². The van der Waals surface area contributed by atoms with Crippen LogP contribution in [0.4, 0.5) is 0 Å². The monoisotopic (exact) mass is 496 g/mol. The van der Waals surface area contributed by atoms with Gasteiger partial charge in [-0.3, -0.25) is 4.79 Å². The fraction of sp³-hybridized carbons (Fsp3) is 0.278. The SMILES string of the molecule is COc1c(Cl)cc(C(=O)N2CCN(S(=O)(=O)c3cc(Cl)ccc3Cl)CC2)cc1Cl. The fourth-order valence-corrected chi connectivity index (χ4v) is 5.81. The number of hydrogen-bond donors (Lipinski definition) is 0. The molecular weight excluding hydrogens is 482 g/mol. The van der Waals surface area contributed by atoms with Crippen molar-refractivity contribution in [3.63, 3.8) is 0 Å². The Morgan fingerprint density at radius 2 is 1.52 bits per heavy atom. The lowest BCUT2D eigenvalue weighted by Crippen LogP contribution is -2.50. The number of nitrogens with zero attached hydrogens (tertiary/aromatic N) is 2. The highest BCUT2D eigenvalue weighted by Crippen LogP contribution is 2.34. The Balaban J connectivity index is 1.75. The molecule has 2 aromatic carbocycles. The molecule has 1 heterocycles. The van der Waals surface area contributed by atoms with Crippen molar-refractivity contribution in [3.05, 3.63) is 56.0 Å². The highest BCUT2D eigenvalue weighted by Gasteiger charge is 2.32. The van der Waals surface area contributed by atoms with E-state index in [0.717, 1.165) is 0 Å². The molecule has 0 unspecified atom stereocenters. The zero-order valence-corrected chi connectivity index (χ0v) is 19.0. The molecular formula is C18H16Cl4N2O4S. The van der Waals surface area contributed by atoms with E-state index in [1.54, 1.807) is 4.90 Å². The predicted octanol–water partition coefficient (Wildman–Crippen LogP) is 4.46. The number of ether oxygens (including phenoxy) is 1. The van der Waals surface area contributed by atoms with Gasteiger partial charge >= 0.3 is 0 Å². The molecule has 0 atom stereocenters. The van der Waals surface area contributed by atoms with Gasteiger partial charge in [-0.2, -0.15) is 4.31 Å². The number of benzene rings is 2. The van der Waals surface area contributed by atoms with E-state index >= 15 is 0 Å². The van der Waals surface area contributed by atoms with E-state index in [-0.39, 0.29) is 57.1 Å². The highest BCUT2D eigenvalue weighted by molar-refractivity contribution is 7.89. The summed E-state index contributed by atoms with van der Waals surface area (Å²) in [4.78, 5) is 14.3. The Kier molecular flexibility index (Phi) is 6.88. The molecule has 0 aliphatic carbocycles. The maximum Gasteiger partial charge on any atom is 0.254 e. The molecule has 0 bridgehead atoms. The van der Waals surface area contributed by atoms with Crippen LogP contribution in [0.2, 0.25) is 20.1 Å². The number of sulfonamides is 1. The molecule has 6 nitrogen and oxygen atoms in total. The van der Waals surface area contributed by atoms with Crippen LogP contribution in [0.15, 0.2) is 35.2 Å². The van der Waals surface area contributed by atoms with Crippen molar-refractivity contribution in [2.24, 2.45) is 0 Å². The zero-order chi connectivity index (χ0) is 21.3. The van der Waals surface area contributed by atoms with Crippen LogP contribution < -0.4 is 4.74 Å². The van der Waals surface area contributed by atoms with E-state index in [1.807, 2.05) is 0 Å². The summed E-state index contributed by atoms with van der Waals surface area (Å²) in [5.41, 5.74) is 0.301. The average Bonchev–Trinajstić information content (AvgIpc) is 2.69. The molecule has 0 saturated carbocycles. The van der Waals surface area contributed by atoms with Gasteiger partial charge < -0.3 is 9.64 Å². The second-order valence-corrected chi connectivity index (χ2v) is 9.81. The Labute approximate surface area is 188 Å². The number of rotatable bonds is 4. The van der Waals surface area contributed by atoms with Crippen molar-refractivity contribution < 1.29 is 17.9 Å². The molecule has 1 aliphatic rings. The molecule has 156 valence electrons. The van der Waals surface area contributed by atoms with Crippen LogP contribution in [-0.2, 0) is 10.0 Å². The normalized spacial score (nSPS) is 15.4.